The van der Waals surface area contributed by atoms with Crippen molar-refractivity contribution in [2.75, 3.05) is 44.9 Å². The maximum absolute atomic E-state index is 12.0. The zero-order valence-electron chi connectivity index (χ0n) is 16.7. The van der Waals surface area contributed by atoms with Crippen LogP contribution in [0.1, 0.15) is 12.8 Å². The zero-order valence-corrected chi connectivity index (χ0v) is 17.5. The number of pyridine rings is 1. The SMILES string of the molecule is COc1ncc(N2CCOc3ccc(OC4CCN(C(=O)CCO)C4)cc32)cc1Cl. The van der Waals surface area contributed by atoms with E-state index in [0.717, 1.165) is 23.5 Å². The average molecular weight is 434 g/mol. The van der Waals surface area contributed by atoms with Crippen molar-refractivity contribution in [3.8, 4) is 17.4 Å². The fourth-order valence-electron chi connectivity index (χ4n) is 3.75. The molecule has 1 aromatic carbocycles. The normalized spacial score (nSPS) is 18.0. The zero-order chi connectivity index (χ0) is 21.1. The third-order valence-electron chi connectivity index (χ3n) is 5.22. The van der Waals surface area contributed by atoms with Gasteiger partial charge in [-0.05, 0) is 18.2 Å². The molecule has 0 aliphatic carbocycles. The van der Waals surface area contributed by atoms with Crippen molar-refractivity contribution in [2.24, 2.45) is 0 Å². The highest BCUT2D eigenvalue weighted by molar-refractivity contribution is 6.32. The van der Waals surface area contributed by atoms with Gasteiger partial charge in [0.2, 0.25) is 11.8 Å². The topological polar surface area (TPSA) is 84.4 Å². The quantitative estimate of drug-likeness (QED) is 0.749. The number of carbonyl (C=O) groups excluding carboxylic acids is 1. The number of rotatable bonds is 6. The van der Waals surface area contributed by atoms with Crippen molar-refractivity contribution in [2.45, 2.75) is 18.9 Å². The van der Waals surface area contributed by atoms with Gasteiger partial charge in [-0.1, -0.05) is 11.6 Å². The molecule has 2 aliphatic rings. The second-order valence-corrected chi connectivity index (χ2v) is 7.56. The largest absolute Gasteiger partial charge is 0.490 e. The Morgan fingerprint density at radius 3 is 3.00 bits per heavy atom. The first-order chi connectivity index (χ1) is 14.6. The van der Waals surface area contributed by atoms with Gasteiger partial charge in [-0.25, -0.2) is 4.98 Å². The molecule has 1 atom stereocenters. The van der Waals surface area contributed by atoms with Crippen LogP contribution in [0.2, 0.25) is 5.02 Å². The van der Waals surface area contributed by atoms with Gasteiger partial charge in [-0.2, -0.15) is 0 Å². The van der Waals surface area contributed by atoms with Crippen molar-refractivity contribution in [1.29, 1.82) is 0 Å². The number of hydrogen-bond donors (Lipinski definition) is 1. The van der Waals surface area contributed by atoms with E-state index in [1.165, 1.54) is 7.11 Å². The summed E-state index contributed by atoms with van der Waals surface area (Å²) in [5.74, 6) is 1.80. The van der Waals surface area contributed by atoms with Gasteiger partial charge in [0, 0.05) is 25.5 Å². The van der Waals surface area contributed by atoms with Gasteiger partial charge in [0.15, 0.2) is 0 Å². The van der Waals surface area contributed by atoms with Gasteiger partial charge in [0.1, 0.15) is 29.2 Å². The smallest absolute Gasteiger partial charge is 0.232 e. The number of fused-ring (bicyclic) bond motifs is 1. The van der Waals surface area contributed by atoms with Crippen LogP contribution in [0.25, 0.3) is 0 Å². The molecule has 1 saturated heterocycles. The highest BCUT2D eigenvalue weighted by Gasteiger charge is 2.28. The van der Waals surface area contributed by atoms with Gasteiger partial charge in [-0.3, -0.25) is 4.79 Å². The highest BCUT2D eigenvalue weighted by atomic mass is 35.5. The number of aliphatic hydroxyl groups excluding tert-OH is 1. The molecular weight excluding hydrogens is 410 g/mol. The summed E-state index contributed by atoms with van der Waals surface area (Å²) < 4.78 is 17.1. The minimum absolute atomic E-state index is 0.0440. The molecule has 1 unspecified atom stereocenters. The molecular formula is C21H24ClN3O5. The van der Waals surface area contributed by atoms with E-state index >= 15 is 0 Å². The molecule has 1 fully saturated rings. The number of methoxy groups -OCH3 is 1. The predicted molar refractivity (Wildman–Crippen MR) is 112 cm³/mol. The number of carbonyl (C=O) groups is 1. The van der Waals surface area contributed by atoms with Crippen molar-refractivity contribution >= 4 is 28.9 Å². The van der Waals surface area contributed by atoms with Crippen LogP contribution in [0.15, 0.2) is 30.5 Å². The van der Waals surface area contributed by atoms with Crippen LogP contribution in [0.4, 0.5) is 11.4 Å². The van der Waals surface area contributed by atoms with Crippen molar-refractivity contribution in [3.05, 3.63) is 35.5 Å². The summed E-state index contributed by atoms with van der Waals surface area (Å²) in [6, 6.07) is 7.52. The molecule has 2 aromatic rings. The fraction of sp³-hybridized carbons (Fsp3) is 0.429. The summed E-state index contributed by atoms with van der Waals surface area (Å²) in [6.07, 6.45) is 2.54. The fourth-order valence-corrected chi connectivity index (χ4v) is 3.99. The number of hydrogen-bond acceptors (Lipinski definition) is 7. The van der Waals surface area contributed by atoms with Crippen molar-refractivity contribution in [3.63, 3.8) is 0 Å². The third kappa shape index (κ3) is 4.24. The van der Waals surface area contributed by atoms with E-state index in [-0.39, 0.29) is 25.0 Å². The molecule has 9 heteroatoms. The first-order valence-electron chi connectivity index (χ1n) is 9.88. The molecule has 4 rings (SSSR count). The molecule has 0 bridgehead atoms. The molecule has 1 aromatic heterocycles. The third-order valence-corrected chi connectivity index (χ3v) is 5.49. The molecule has 8 nitrogen and oxygen atoms in total. The molecule has 0 spiro atoms. The lowest BCUT2D eigenvalue weighted by Crippen LogP contribution is -2.31. The Kier molecular flexibility index (Phi) is 6.15. The van der Waals surface area contributed by atoms with Crippen LogP contribution in [0.5, 0.6) is 17.4 Å². The monoisotopic (exact) mass is 433 g/mol. The maximum atomic E-state index is 12.0. The summed E-state index contributed by atoms with van der Waals surface area (Å²) in [5.41, 5.74) is 1.71. The van der Waals surface area contributed by atoms with Gasteiger partial charge < -0.3 is 29.1 Å². The molecule has 1 N–H and O–H groups in total. The summed E-state index contributed by atoms with van der Waals surface area (Å²) in [5, 5.41) is 9.40. The molecule has 1 amide bonds. The standard InChI is InChI=1S/C21H24ClN3O5/c1-28-21-17(22)10-14(12-23-21)25-7-9-29-19-3-2-15(11-18(19)25)30-16-4-6-24(13-16)20(27)5-8-26/h2-3,10-12,16,26H,4-9,13H2,1H3. The number of halogens is 1. The van der Waals surface area contributed by atoms with E-state index in [2.05, 4.69) is 9.88 Å². The minimum Gasteiger partial charge on any atom is -0.490 e. The molecule has 2 aliphatic heterocycles. The second kappa shape index (κ2) is 8.97. The van der Waals surface area contributed by atoms with Crippen LogP contribution in [0, 0.1) is 0 Å². The molecule has 30 heavy (non-hydrogen) atoms. The first-order valence-corrected chi connectivity index (χ1v) is 10.3. The Morgan fingerprint density at radius 1 is 1.37 bits per heavy atom. The van der Waals surface area contributed by atoms with E-state index in [9.17, 15) is 4.79 Å². The van der Waals surface area contributed by atoms with Crippen LogP contribution < -0.4 is 19.1 Å². The number of benzene rings is 1. The second-order valence-electron chi connectivity index (χ2n) is 7.16. The van der Waals surface area contributed by atoms with Gasteiger partial charge >= 0.3 is 0 Å². The Labute approximate surface area is 179 Å². The molecule has 0 saturated carbocycles. The van der Waals surface area contributed by atoms with E-state index in [4.69, 9.17) is 30.9 Å². The molecule has 3 heterocycles. The van der Waals surface area contributed by atoms with E-state index < -0.39 is 0 Å². The van der Waals surface area contributed by atoms with Crippen molar-refractivity contribution < 1.29 is 24.1 Å². The van der Waals surface area contributed by atoms with Gasteiger partial charge in [-0.15, -0.1) is 0 Å². The summed E-state index contributed by atoms with van der Waals surface area (Å²) in [6.45, 7) is 2.22. The van der Waals surface area contributed by atoms with E-state index in [1.807, 2.05) is 24.3 Å². The first kappa shape index (κ1) is 20.6. The number of aromatic nitrogens is 1. The van der Waals surface area contributed by atoms with Crippen LogP contribution in [-0.2, 0) is 4.79 Å². The Morgan fingerprint density at radius 2 is 2.23 bits per heavy atom. The number of likely N-dealkylation sites (tertiary alicyclic amines) is 1. The number of nitrogens with zero attached hydrogens (tertiary/aromatic N) is 3. The predicted octanol–water partition coefficient (Wildman–Crippen LogP) is 2.64. The summed E-state index contributed by atoms with van der Waals surface area (Å²) in [4.78, 5) is 20.1. The maximum Gasteiger partial charge on any atom is 0.232 e. The van der Waals surface area contributed by atoms with Crippen LogP contribution >= 0.6 is 11.6 Å². The average Bonchev–Trinajstić information content (AvgIpc) is 3.22. The van der Waals surface area contributed by atoms with Crippen molar-refractivity contribution in [1.82, 2.24) is 9.88 Å². The molecule has 160 valence electrons. The van der Waals surface area contributed by atoms with Gasteiger partial charge in [0.25, 0.3) is 0 Å². The van der Waals surface area contributed by atoms with Crippen LogP contribution in [-0.4, -0.2) is 67.0 Å². The highest BCUT2D eigenvalue weighted by Crippen LogP contribution is 2.40. The number of ether oxygens (including phenoxy) is 3. The lowest BCUT2D eigenvalue weighted by Gasteiger charge is -2.31. The Balaban J connectivity index is 1.51. The minimum atomic E-state index is -0.133. The van der Waals surface area contributed by atoms with Gasteiger partial charge in [0.05, 0.1) is 44.4 Å². The van der Waals surface area contributed by atoms with E-state index in [0.29, 0.717) is 42.9 Å². The Hall–Kier alpha value is -2.71. The lowest BCUT2D eigenvalue weighted by atomic mass is 10.2. The van der Waals surface area contributed by atoms with Crippen LogP contribution in [0.3, 0.4) is 0 Å². The number of anilines is 2. The summed E-state index contributed by atoms with van der Waals surface area (Å²) >= 11 is 6.26. The summed E-state index contributed by atoms with van der Waals surface area (Å²) in [7, 11) is 1.53. The lowest BCUT2D eigenvalue weighted by molar-refractivity contribution is -0.131. The molecule has 0 radical (unpaired) electrons. The number of amides is 1. The van der Waals surface area contributed by atoms with E-state index in [1.54, 1.807) is 11.1 Å². The number of aliphatic hydroxyl groups is 1. The Bertz CT molecular complexity index is 926.